The standard InChI is InChI=1S/C18H17N5O3S/c1-22-16(11-13-5-3-2-4-6-13)20-21-18(22)27-12-17(24)19-14-7-9-15(10-8-14)23(25)26/h2-10H,11-12H2,1H3,(H,19,24). The average Bonchev–Trinajstić information content (AvgIpc) is 3.01. The molecule has 1 heterocycles. The Morgan fingerprint density at radius 3 is 2.52 bits per heavy atom. The predicted molar refractivity (Wildman–Crippen MR) is 103 cm³/mol. The van der Waals surface area contributed by atoms with Crippen LogP contribution < -0.4 is 5.32 Å². The number of anilines is 1. The molecule has 2 aromatic carbocycles. The van der Waals surface area contributed by atoms with Gasteiger partial charge in [0, 0.05) is 31.3 Å². The molecular formula is C18H17N5O3S. The van der Waals surface area contributed by atoms with Gasteiger partial charge in [0.1, 0.15) is 5.82 Å². The Labute approximate surface area is 159 Å². The van der Waals surface area contributed by atoms with Gasteiger partial charge in [-0.15, -0.1) is 10.2 Å². The van der Waals surface area contributed by atoms with Crippen LogP contribution in [-0.4, -0.2) is 31.3 Å². The number of nitrogens with zero attached hydrogens (tertiary/aromatic N) is 4. The van der Waals surface area contributed by atoms with Crippen LogP contribution >= 0.6 is 11.8 Å². The lowest BCUT2D eigenvalue weighted by Gasteiger charge is -2.06. The topological polar surface area (TPSA) is 103 Å². The number of rotatable bonds is 7. The van der Waals surface area contributed by atoms with Crippen molar-refractivity contribution < 1.29 is 9.72 Å². The summed E-state index contributed by atoms with van der Waals surface area (Å²) in [6.45, 7) is 0. The molecule has 0 spiro atoms. The van der Waals surface area contributed by atoms with E-state index in [1.165, 1.54) is 36.0 Å². The monoisotopic (exact) mass is 383 g/mol. The van der Waals surface area contributed by atoms with Gasteiger partial charge in [0.15, 0.2) is 5.16 Å². The molecule has 3 aromatic rings. The van der Waals surface area contributed by atoms with Crippen LogP contribution in [0.15, 0.2) is 59.8 Å². The number of aromatic nitrogens is 3. The summed E-state index contributed by atoms with van der Waals surface area (Å²) >= 11 is 1.28. The normalized spacial score (nSPS) is 10.6. The highest BCUT2D eigenvalue weighted by Crippen LogP contribution is 2.19. The van der Waals surface area contributed by atoms with Gasteiger partial charge in [-0.2, -0.15) is 0 Å². The van der Waals surface area contributed by atoms with Crippen molar-refractivity contribution in [2.75, 3.05) is 11.1 Å². The molecule has 0 fully saturated rings. The maximum absolute atomic E-state index is 12.1. The molecule has 27 heavy (non-hydrogen) atoms. The molecule has 0 aliphatic carbocycles. The number of benzene rings is 2. The largest absolute Gasteiger partial charge is 0.325 e. The van der Waals surface area contributed by atoms with E-state index in [1.807, 2.05) is 41.9 Å². The predicted octanol–water partition coefficient (Wildman–Crippen LogP) is 3.04. The first-order valence-corrected chi connectivity index (χ1v) is 9.11. The van der Waals surface area contributed by atoms with Crippen LogP contribution in [0.25, 0.3) is 0 Å². The summed E-state index contributed by atoms with van der Waals surface area (Å²) in [4.78, 5) is 22.2. The minimum atomic E-state index is -0.484. The molecule has 3 rings (SSSR count). The minimum Gasteiger partial charge on any atom is -0.325 e. The quantitative estimate of drug-likeness (QED) is 0.382. The Morgan fingerprint density at radius 2 is 1.85 bits per heavy atom. The number of carbonyl (C=O) groups excluding carboxylic acids is 1. The Hall–Kier alpha value is -3.20. The minimum absolute atomic E-state index is 0.0209. The lowest BCUT2D eigenvalue weighted by atomic mass is 10.1. The van der Waals surface area contributed by atoms with Crippen LogP contribution in [0.1, 0.15) is 11.4 Å². The van der Waals surface area contributed by atoms with Crippen molar-refractivity contribution in [3.05, 3.63) is 76.1 Å². The summed E-state index contributed by atoms with van der Waals surface area (Å²) in [5.74, 6) is 0.759. The number of nitro benzene ring substituents is 1. The summed E-state index contributed by atoms with van der Waals surface area (Å²) < 4.78 is 1.87. The van der Waals surface area contributed by atoms with Crippen LogP contribution in [0, 0.1) is 10.1 Å². The summed E-state index contributed by atoms with van der Waals surface area (Å²) in [6.07, 6.45) is 0.667. The van der Waals surface area contributed by atoms with Gasteiger partial charge in [0.05, 0.1) is 10.7 Å². The molecule has 0 aliphatic rings. The van der Waals surface area contributed by atoms with Crippen molar-refractivity contribution in [2.45, 2.75) is 11.6 Å². The number of hydrogen-bond donors (Lipinski definition) is 1. The van der Waals surface area contributed by atoms with Gasteiger partial charge >= 0.3 is 0 Å². The zero-order valence-electron chi connectivity index (χ0n) is 14.5. The van der Waals surface area contributed by atoms with Crippen LogP contribution in [0.4, 0.5) is 11.4 Å². The fourth-order valence-electron chi connectivity index (χ4n) is 2.40. The highest BCUT2D eigenvalue weighted by molar-refractivity contribution is 7.99. The van der Waals surface area contributed by atoms with Gasteiger partial charge in [0.25, 0.3) is 5.69 Å². The number of non-ortho nitro benzene ring substituents is 1. The average molecular weight is 383 g/mol. The number of nitro groups is 1. The molecule has 8 nitrogen and oxygen atoms in total. The van der Waals surface area contributed by atoms with Crippen molar-refractivity contribution >= 4 is 29.0 Å². The Morgan fingerprint density at radius 1 is 1.15 bits per heavy atom. The fourth-order valence-corrected chi connectivity index (χ4v) is 3.13. The van der Waals surface area contributed by atoms with E-state index in [-0.39, 0.29) is 17.3 Å². The Kier molecular flexibility index (Phi) is 5.82. The maximum atomic E-state index is 12.1. The van der Waals surface area contributed by atoms with Gasteiger partial charge in [0.2, 0.25) is 5.91 Å². The molecule has 1 aromatic heterocycles. The van der Waals surface area contributed by atoms with Gasteiger partial charge in [-0.25, -0.2) is 0 Å². The lowest BCUT2D eigenvalue weighted by Crippen LogP contribution is -2.14. The molecule has 0 radical (unpaired) electrons. The second kappa shape index (κ2) is 8.45. The first kappa shape index (κ1) is 18.6. The molecule has 0 bridgehead atoms. The summed E-state index contributed by atoms with van der Waals surface area (Å²) in [7, 11) is 1.87. The Bertz CT molecular complexity index is 941. The van der Waals surface area contributed by atoms with Crippen LogP contribution in [0.5, 0.6) is 0 Å². The molecule has 0 atom stereocenters. The molecular weight excluding hydrogens is 366 g/mol. The molecule has 0 saturated carbocycles. The SMILES string of the molecule is Cn1c(Cc2ccccc2)nnc1SCC(=O)Nc1ccc([N+](=O)[O-])cc1. The van der Waals surface area contributed by atoms with Gasteiger partial charge < -0.3 is 9.88 Å². The van der Waals surface area contributed by atoms with Crippen molar-refractivity contribution in [3.63, 3.8) is 0 Å². The van der Waals surface area contributed by atoms with Crippen molar-refractivity contribution in [1.82, 2.24) is 14.8 Å². The van der Waals surface area contributed by atoms with E-state index < -0.39 is 4.92 Å². The van der Waals surface area contributed by atoms with Gasteiger partial charge in [-0.1, -0.05) is 42.1 Å². The van der Waals surface area contributed by atoms with Crippen molar-refractivity contribution in [2.24, 2.45) is 7.05 Å². The first-order valence-electron chi connectivity index (χ1n) is 8.12. The molecule has 0 saturated heterocycles. The van der Waals surface area contributed by atoms with E-state index in [2.05, 4.69) is 15.5 Å². The number of hydrogen-bond acceptors (Lipinski definition) is 6. The van der Waals surface area contributed by atoms with Crippen LogP contribution in [0.2, 0.25) is 0 Å². The van der Waals surface area contributed by atoms with E-state index in [0.717, 1.165) is 11.4 Å². The number of thioether (sulfide) groups is 1. The molecule has 1 amide bonds. The van der Waals surface area contributed by atoms with Crippen molar-refractivity contribution in [1.29, 1.82) is 0 Å². The van der Waals surface area contributed by atoms with Crippen LogP contribution in [0.3, 0.4) is 0 Å². The van der Waals surface area contributed by atoms with E-state index in [9.17, 15) is 14.9 Å². The van der Waals surface area contributed by atoms with Crippen LogP contribution in [-0.2, 0) is 18.3 Å². The van der Waals surface area contributed by atoms with Gasteiger partial charge in [-0.05, 0) is 17.7 Å². The molecule has 9 heteroatoms. The summed E-state index contributed by atoms with van der Waals surface area (Å²) in [6, 6.07) is 15.7. The highest BCUT2D eigenvalue weighted by Gasteiger charge is 2.12. The van der Waals surface area contributed by atoms with Crippen molar-refractivity contribution in [3.8, 4) is 0 Å². The highest BCUT2D eigenvalue weighted by atomic mass is 32.2. The van der Waals surface area contributed by atoms with E-state index in [1.54, 1.807) is 0 Å². The zero-order valence-corrected chi connectivity index (χ0v) is 15.3. The summed E-state index contributed by atoms with van der Waals surface area (Å²) in [5, 5.41) is 22.3. The maximum Gasteiger partial charge on any atom is 0.269 e. The second-order valence-electron chi connectivity index (χ2n) is 5.76. The third kappa shape index (κ3) is 4.91. The smallest absolute Gasteiger partial charge is 0.269 e. The van der Waals surface area contributed by atoms with E-state index >= 15 is 0 Å². The summed E-state index contributed by atoms with van der Waals surface area (Å²) in [5.41, 5.74) is 1.63. The van der Waals surface area contributed by atoms with E-state index in [4.69, 9.17) is 0 Å². The van der Waals surface area contributed by atoms with Gasteiger partial charge in [-0.3, -0.25) is 14.9 Å². The molecule has 0 unspecified atom stereocenters. The number of carbonyl (C=O) groups is 1. The number of nitrogens with one attached hydrogen (secondary N) is 1. The molecule has 138 valence electrons. The lowest BCUT2D eigenvalue weighted by molar-refractivity contribution is -0.384. The third-order valence-electron chi connectivity index (χ3n) is 3.82. The number of amides is 1. The zero-order chi connectivity index (χ0) is 19.2. The first-order chi connectivity index (χ1) is 13.0. The van der Waals surface area contributed by atoms with E-state index in [0.29, 0.717) is 17.3 Å². The Balaban J connectivity index is 1.55. The fraction of sp³-hybridized carbons (Fsp3) is 0.167. The molecule has 1 N–H and O–H groups in total. The third-order valence-corrected chi connectivity index (χ3v) is 4.84. The second-order valence-corrected chi connectivity index (χ2v) is 6.70. The molecule has 0 aliphatic heterocycles.